The third kappa shape index (κ3) is 3.90. The average molecular weight is 288 g/mol. The van der Waals surface area contributed by atoms with Gasteiger partial charge in [0.05, 0.1) is 5.60 Å². The van der Waals surface area contributed by atoms with Crippen LogP contribution in [0, 0.1) is 12.7 Å². The lowest BCUT2D eigenvalue weighted by molar-refractivity contribution is -0.169. The fraction of sp³-hybridized carbons (Fsp3) is 0.333. The van der Waals surface area contributed by atoms with Crippen LogP contribution in [0.15, 0.2) is 42.5 Å². The number of halogens is 1. The molecule has 1 unspecified atom stereocenters. The van der Waals surface area contributed by atoms with E-state index in [4.69, 9.17) is 4.74 Å². The number of aliphatic hydroxyl groups is 1. The second-order valence-corrected chi connectivity index (χ2v) is 6.13. The molecule has 2 aromatic rings. The topological polar surface area (TPSA) is 29.5 Å². The highest BCUT2D eigenvalue weighted by molar-refractivity contribution is 5.68. The maximum atomic E-state index is 13.4. The molecule has 0 aromatic heterocycles. The highest BCUT2D eigenvalue weighted by Gasteiger charge is 2.20. The van der Waals surface area contributed by atoms with Crippen molar-refractivity contribution in [2.24, 2.45) is 0 Å². The van der Waals surface area contributed by atoms with Crippen molar-refractivity contribution < 1.29 is 14.2 Å². The monoisotopic (exact) mass is 288 g/mol. The number of hydrogen-bond donors (Lipinski definition) is 1. The van der Waals surface area contributed by atoms with Gasteiger partial charge in [0.25, 0.3) is 0 Å². The van der Waals surface area contributed by atoms with E-state index in [2.05, 4.69) is 0 Å². The minimum Gasteiger partial charge on any atom is -0.364 e. The zero-order valence-corrected chi connectivity index (χ0v) is 12.9. The molecule has 1 atom stereocenters. The Bertz CT molecular complexity index is 629. The van der Waals surface area contributed by atoms with Gasteiger partial charge in [-0.05, 0) is 56.5 Å². The van der Waals surface area contributed by atoms with Gasteiger partial charge in [0.15, 0.2) is 6.29 Å². The summed E-state index contributed by atoms with van der Waals surface area (Å²) in [6.07, 6.45) is -1.02. The van der Waals surface area contributed by atoms with Gasteiger partial charge in [-0.15, -0.1) is 0 Å². The van der Waals surface area contributed by atoms with E-state index in [0.29, 0.717) is 11.1 Å². The van der Waals surface area contributed by atoms with Crippen molar-refractivity contribution in [1.29, 1.82) is 0 Å². The van der Waals surface area contributed by atoms with Crippen LogP contribution in [0.25, 0.3) is 11.1 Å². The summed E-state index contributed by atoms with van der Waals surface area (Å²) >= 11 is 0. The van der Waals surface area contributed by atoms with Crippen molar-refractivity contribution in [2.75, 3.05) is 0 Å². The normalized spacial score (nSPS) is 13.2. The summed E-state index contributed by atoms with van der Waals surface area (Å²) in [6, 6.07) is 12.4. The van der Waals surface area contributed by atoms with Crippen molar-refractivity contribution in [3.05, 3.63) is 59.4 Å². The van der Waals surface area contributed by atoms with E-state index in [9.17, 15) is 9.50 Å². The maximum Gasteiger partial charge on any atom is 0.182 e. The van der Waals surface area contributed by atoms with Gasteiger partial charge in [-0.3, -0.25) is 0 Å². The summed E-state index contributed by atoms with van der Waals surface area (Å²) < 4.78 is 19.0. The Hall–Kier alpha value is -1.71. The van der Waals surface area contributed by atoms with Crippen LogP contribution in [0.1, 0.15) is 38.2 Å². The van der Waals surface area contributed by atoms with Crippen LogP contribution in [-0.2, 0) is 4.74 Å². The van der Waals surface area contributed by atoms with Crippen molar-refractivity contribution >= 4 is 0 Å². The van der Waals surface area contributed by atoms with E-state index in [1.807, 2.05) is 45.0 Å². The molecule has 0 aliphatic rings. The first-order valence-electron chi connectivity index (χ1n) is 6.99. The lowest BCUT2D eigenvalue weighted by atomic mass is 9.97. The molecule has 112 valence electrons. The van der Waals surface area contributed by atoms with Crippen LogP contribution >= 0.6 is 0 Å². The van der Waals surface area contributed by atoms with E-state index in [1.165, 1.54) is 6.07 Å². The number of rotatable bonds is 3. The van der Waals surface area contributed by atoms with Crippen molar-refractivity contribution in [2.45, 2.75) is 39.6 Å². The number of aryl methyl sites for hydroxylation is 1. The molecule has 0 aliphatic heterocycles. The van der Waals surface area contributed by atoms with Gasteiger partial charge in [-0.1, -0.05) is 30.3 Å². The first kappa shape index (κ1) is 15.7. The van der Waals surface area contributed by atoms with Crippen molar-refractivity contribution in [3.63, 3.8) is 0 Å². The number of benzene rings is 2. The Morgan fingerprint density at radius 3 is 2.38 bits per heavy atom. The molecule has 1 N–H and O–H groups in total. The van der Waals surface area contributed by atoms with Gasteiger partial charge in [0, 0.05) is 5.56 Å². The molecule has 0 heterocycles. The second kappa shape index (κ2) is 5.96. The summed E-state index contributed by atoms with van der Waals surface area (Å²) in [5.41, 5.74) is 2.51. The quantitative estimate of drug-likeness (QED) is 0.836. The Balaban J connectivity index is 2.43. The van der Waals surface area contributed by atoms with E-state index in [0.717, 1.165) is 11.1 Å². The number of ether oxygens (including phenoxy) is 1. The molecule has 2 rings (SSSR count). The summed E-state index contributed by atoms with van der Waals surface area (Å²) in [4.78, 5) is 0. The minimum atomic E-state index is -1.02. The highest BCUT2D eigenvalue weighted by Crippen LogP contribution is 2.31. The van der Waals surface area contributed by atoms with Crippen LogP contribution in [-0.4, -0.2) is 10.7 Å². The summed E-state index contributed by atoms with van der Waals surface area (Å²) in [5.74, 6) is -0.234. The van der Waals surface area contributed by atoms with Crippen LogP contribution in [0.4, 0.5) is 4.39 Å². The average Bonchev–Trinajstić information content (AvgIpc) is 2.40. The zero-order valence-electron chi connectivity index (χ0n) is 12.9. The van der Waals surface area contributed by atoms with E-state index in [1.54, 1.807) is 19.1 Å². The molecule has 0 radical (unpaired) electrons. The van der Waals surface area contributed by atoms with Crippen LogP contribution in [0.5, 0.6) is 0 Å². The first-order valence-corrected chi connectivity index (χ1v) is 6.99. The van der Waals surface area contributed by atoms with E-state index < -0.39 is 11.9 Å². The Kier molecular flexibility index (Phi) is 4.45. The van der Waals surface area contributed by atoms with Crippen molar-refractivity contribution in [1.82, 2.24) is 0 Å². The third-order valence-electron chi connectivity index (χ3n) is 3.16. The predicted molar refractivity (Wildman–Crippen MR) is 82.4 cm³/mol. The highest BCUT2D eigenvalue weighted by atomic mass is 19.1. The Morgan fingerprint density at radius 1 is 1.10 bits per heavy atom. The zero-order chi connectivity index (χ0) is 15.6. The summed E-state index contributed by atoms with van der Waals surface area (Å²) in [6.45, 7) is 7.39. The molecular formula is C18H21FO2. The molecule has 0 spiro atoms. The van der Waals surface area contributed by atoms with Crippen molar-refractivity contribution in [3.8, 4) is 11.1 Å². The van der Waals surface area contributed by atoms with Gasteiger partial charge in [-0.2, -0.15) is 0 Å². The standard InChI is InChI=1S/C18H21FO2/c1-12-11-13(9-10-16(12)19)14-7-5-6-8-15(14)17(20)21-18(2,3)4/h5-11,17,20H,1-4H3. The molecule has 3 heteroatoms. The molecular weight excluding hydrogens is 267 g/mol. The molecule has 0 fully saturated rings. The molecule has 0 amide bonds. The van der Waals surface area contributed by atoms with Gasteiger partial charge in [-0.25, -0.2) is 4.39 Å². The van der Waals surface area contributed by atoms with Gasteiger partial charge in [0.2, 0.25) is 0 Å². The first-order chi connectivity index (χ1) is 9.78. The fourth-order valence-corrected chi connectivity index (χ4v) is 2.19. The molecule has 0 aliphatic carbocycles. The summed E-state index contributed by atoms with van der Waals surface area (Å²) in [5, 5.41) is 10.3. The molecule has 0 saturated heterocycles. The molecule has 21 heavy (non-hydrogen) atoms. The Morgan fingerprint density at radius 2 is 1.76 bits per heavy atom. The SMILES string of the molecule is Cc1cc(-c2ccccc2C(O)OC(C)(C)C)ccc1F. The van der Waals surface area contributed by atoms with Gasteiger partial charge in [0.1, 0.15) is 5.82 Å². The molecule has 2 aromatic carbocycles. The van der Waals surface area contributed by atoms with E-state index in [-0.39, 0.29) is 5.82 Å². The molecule has 0 bridgehead atoms. The third-order valence-corrected chi connectivity index (χ3v) is 3.16. The minimum absolute atomic E-state index is 0.234. The van der Waals surface area contributed by atoms with Crippen LogP contribution in [0.3, 0.4) is 0 Å². The molecule has 0 saturated carbocycles. The van der Waals surface area contributed by atoms with Crippen LogP contribution in [0.2, 0.25) is 0 Å². The largest absolute Gasteiger partial charge is 0.364 e. The Labute approximate surface area is 125 Å². The maximum absolute atomic E-state index is 13.4. The second-order valence-electron chi connectivity index (χ2n) is 6.13. The van der Waals surface area contributed by atoms with Crippen LogP contribution < -0.4 is 0 Å². The van der Waals surface area contributed by atoms with Gasteiger partial charge < -0.3 is 9.84 Å². The summed E-state index contributed by atoms with van der Waals surface area (Å²) in [7, 11) is 0. The lowest BCUT2D eigenvalue weighted by Crippen LogP contribution is -2.22. The van der Waals surface area contributed by atoms with Gasteiger partial charge >= 0.3 is 0 Å². The number of hydrogen-bond acceptors (Lipinski definition) is 2. The predicted octanol–water partition coefficient (Wildman–Crippen LogP) is 4.61. The fourth-order valence-electron chi connectivity index (χ4n) is 2.19. The number of aliphatic hydroxyl groups excluding tert-OH is 1. The molecule has 2 nitrogen and oxygen atoms in total. The van der Waals surface area contributed by atoms with E-state index >= 15 is 0 Å². The smallest absolute Gasteiger partial charge is 0.182 e. The lowest BCUT2D eigenvalue weighted by Gasteiger charge is -2.25.